The fourth-order valence-corrected chi connectivity index (χ4v) is 1.48. The van der Waals surface area contributed by atoms with E-state index in [-0.39, 0.29) is 18.9 Å². The number of carbonyl (C=O) groups is 1. The molecule has 1 aromatic heterocycles. The van der Waals surface area contributed by atoms with Crippen LogP contribution in [0.3, 0.4) is 0 Å². The standard InChI is InChI=1S/C11H11F2N5O/c12-8-3-1-7(5-9(8)13)2-4-11(19)14-6-10-15-17-18-16-10/h1,3,5H,2,4,6H2,(H,14,19)(H,15,16,17,18). The van der Waals surface area contributed by atoms with Gasteiger partial charge < -0.3 is 5.32 Å². The summed E-state index contributed by atoms with van der Waals surface area (Å²) in [5.41, 5.74) is 0.564. The number of halogens is 2. The maximum atomic E-state index is 12.9. The number of carbonyl (C=O) groups excluding carboxylic acids is 1. The first-order valence-corrected chi connectivity index (χ1v) is 5.58. The van der Waals surface area contributed by atoms with Crippen molar-refractivity contribution in [2.75, 3.05) is 0 Å². The van der Waals surface area contributed by atoms with E-state index >= 15 is 0 Å². The number of nitrogens with one attached hydrogen (secondary N) is 2. The topological polar surface area (TPSA) is 83.6 Å². The average Bonchev–Trinajstić information content (AvgIpc) is 2.91. The summed E-state index contributed by atoms with van der Waals surface area (Å²) in [7, 11) is 0. The van der Waals surface area contributed by atoms with Crippen molar-refractivity contribution in [2.24, 2.45) is 0 Å². The Hall–Kier alpha value is -2.38. The molecule has 0 saturated carbocycles. The van der Waals surface area contributed by atoms with E-state index in [1.165, 1.54) is 6.07 Å². The van der Waals surface area contributed by atoms with Gasteiger partial charge in [-0.05, 0) is 24.1 Å². The molecule has 0 radical (unpaired) electrons. The predicted molar refractivity (Wildman–Crippen MR) is 60.7 cm³/mol. The van der Waals surface area contributed by atoms with Crippen molar-refractivity contribution in [3.8, 4) is 0 Å². The largest absolute Gasteiger partial charge is 0.349 e. The van der Waals surface area contributed by atoms with Gasteiger partial charge in [-0.25, -0.2) is 8.78 Å². The summed E-state index contributed by atoms with van der Waals surface area (Å²) >= 11 is 0. The molecule has 1 aromatic carbocycles. The number of benzene rings is 1. The summed E-state index contributed by atoms with van der Waals surface area (Å²) < 4.78 is 25.6. The second-order valence-corrected chi connectivity index (χ2v) is 3.85. The number of rotatable bonds is 5. The highest BCUT2D eigenvalue weighted by atomic mass is 19.2. The molecule has 0 aliphatic carbocycles. The van der Waals surface area contributed by atoms with E-state index in [2.05, 4.69) is 25.9 Å². The quantitative estimate of drug-likeness (QED) is 0.836. The minimum Gasteiger partial charge on any atom is -0.349 e. The number of tetrazole rings is 1. The highest BCUT2D eigenvalue weighted by Crippen LogP contribution is 2.10. The first kappa shape index (κ1) is 13.1. The lowest BCUT2D eigenvalue weighted by atomic mass is 10.1. The zero-order valence-corrected chi connectivity index (χ0v) is 9.86. The number of hydrogen-bond donors (Lipinski definition) is 2. The number of amides is 1. The van der Waals surface area contributed by atoms with Crippen LogP contribution >= 0.6 is 0 Å². The van der Waals surface area contributed by atoms with Gasteiger partial charge in [0.05, 0.1) is 6.54 Å². The van der Waals surface area contributed by atoms with E-state index in [1.807, 2.05) is 0 Å². The molecule has 2 N–H and O–H groups in total. The van der Waals surface area contributed by atoms with Crippen molar-refractivity contribution in [1.82, 2.24) is 25.9 Å². The number of nitrogens with zero attached hydrogens (tertiary/aromatic N) is 3. The molecule has 100 valence electrons. The molecule has 2 aromatic rings. The molecule has 0 fully saturated rings. The summed E-state index contributed by atoms with van der Waals surface area (Å²) in [6.07, 6.45) is 0.498. The summed E-state index contributed by atoms with van der Waals surface area (Å²) in [5.74, 6) is -1.66. The van der Waals surface area contributed by atoms with E-state index in [0.29, 0.717) is 17.8 Å². The molecule has 2 rings (SSSR count). The summed E-state index contributed by atoms with van der Waals surface area (Å²) in [6, 6.07) is 3.58. The molecule has 0 saturated heterocycles. The molecular weight excluding hydrogens is 256 g/mol. The third-order valence-corrected chi connectivity index (χ3v) is 2.46. The number of aromatic amines is 1. The molecule has 0 atom stereocenters. The molecule has 0 aliphatic rings. The van der Waals surface area contributed by atoms with Crippen molar-refractivity contribution >= 4 is 5.91 Å². The van der Waals surface area contributed by atoms with Crippen molar-refractivity contribution in [2.45, 2.75) is 19.4 Å². The van der Waals surface area contributed by atoms with Gasteiger partial charge in [0.15, 0.2) is 17.5 Å². The second-order valence-electron chi connectivity index (χ2n) is 3.85. The fourth-order valence-electron chi connectivity index (χ4n) is 1.48. The zero-order chi connectivity index (χ0) is 13.7. The van der Waals surface area contributed by atoms with Crippen LogP contribution in [0, 0.1) is 11.6 Å². The van der Waals surface area contributed by atoms with Crippen LogP contribution in [-0.4, -0.2) is 26.5 Å². The van der Waals surface area contributed by atoms with E-state index < -0.39 is 11.6 Å². The van der Waals surface area contributed by atoms with Gasteiger partial charge in [-0.2, -0.15) is 5.21 Å². The number of H-pyrrole nitrogens is 1. The maximum absolute atomic E-state index is 12.9. The Morgan fingerprint density at radius 2 is 2.16 bits per heavy atom. The number of aryl methyl sites for hydroxylation is 1. The van der Waals surface area contributed by atoms with Crippen LogP contribution in [0.1, 0.15) is 17.8 Å². The molecule has 0 spiro atoms. The van der Waals surface area contributed by atoms with Gasteiger partial charge in [0.2, 0.25) is 5.91 Å². The Labute approximate surface area is 107 Å². The third kappa shape index (κ3) is 3.80. The van der Waals surface area contributed by atoms with Crippen LogP contribution < -0.4 is 5.32 Å². The van der Waals surface area contributed by atoms with Crippen molar-refractivity contribution in [3.05, 3.63) is 41.2 Å². The smallest absolute Gasteiger partial charge is 0.220 e. The van der Waals surface area contributed by atoms with E-state index in [4.69, 9.17) is 0 Å². The van der Waals surface area contributed by atoms with Crippen LogP contribution in [-0.2, 0) is 17.8 Å². The van der Waals surface area contributed by atoms with Crippen LogP contribution in [0.2, 0.25) is 0 Å². The first-order valence-electron chi connectivity index (χ1n) is 5.58. The van der Waals surface area contributed by atoms with E-state index in [9.17, 15) is 13.6 Å². The number of aromatic nitrogens is 4. The SMILES string of the molecule is O=C(CCc1ccc(F)c(F)c1)NCc1nn[nH]n1. The molecule has 0 bridgehead atoms. The Morgan fingerprint density at radius 1 is 1.32 bits per heavy atom. The highest BCUT2D eigenvalue weighted by Gasteiger charge is 2.06. The summed E-state index contributed by atoms with van der Waals surface area (Å²) in [4.78, 5) is 11.5. The predicted octanol–water partition coefficient (Wildman–Crippen LogP) is 0.727. The van der Waals surface area contributed by atoms with Crippen molar-refractivity contribution in [3.63, 3.8) is 0 Å². The molecule has 1 heterocycles. The lowest BCUT2D eigenvalue weighted by Gasteiger charge is -2.03. The maximum Gasteiger partial charge on any atom is 0.220 e. The van der Waals surface area contributed by atoms with E-state index in [0.717, 1.165) is 12.1 Å². The Bertz CT molecular complexity index is 558. The van der Waals surface area contributed by atoms with Gasteiger partial charge in [0.25, 0.3) is 0 Å². The highest BCUT2D eigenvalue weighted by molar-refractivity contribution is 5.76. The molecule has 19 heavy (non-hydrogen) atoms. The average molecular weight is 267 g/mol. The molecular formula is C11H11F2N5O. The molecule has 0 unspecified atom stereocenters. The van der Waals surface area contributed by atoms with Gasteiger partial charge >= 0.3 is 0 Å². The molecule has 0 aliphatic heterocycles. The third-order valence-electron chi connectivity index (χ3n) is 2.46. The van der Waals surface area contributed by atoms with E-state index in [1.54, 1.807) is 0 Å². The van der Waals surface area contributed by atoms with Crippen molar-refractivity contribution in [1.29, 1.82) is 0 Å². The minimum atomic E-state index is -0.912. The summed E-state index contributed by atoms with van der Waals surface area (Å²) in [6.45, 7) is 0.174. The zero-order valence-electron chi connectivity index (χ0n) is 9.86. The lowest BCUT2D eigenvalue weighted by molar-refractivity contribution is -0.121. The monoisotopic (exact) mass is 267 g/mol. The van der Waals surface area contributed by atoms with Gasteiger partial charge in [-0.3, -0.25) is 4.79 Å². The van der Waals surface area contributed by atoms with Gasteiger partial charge in [-0.1, -0.05) is 11.3 Å². The minimum absolute atomic E-state index is 0.170. The second kappa shape index (κ2) is 5.98. The summed E-state index contributed by atoms with van der Waals surface area (Å²) in [5, 5.41) is 15.5. The van der Waals surface area contributed by atoms with Crippen LogP contribution in [0.25, 0.3) is 0 Å². The Morgan fingerprint density at radius 3 is 2.84 bits per heavy atom. The molecule has 1 amide bonds. The van der Waals surface area contributed by atoms with Gasteiger partial charge in [0.1, 0.15) is 0 Å². The molecule has 8 heteroatoms. The Kier molecular flexibility index (Phi) is 4.11. The van der Waals surface area contributed by atoms with Crippen molar-refractivity contribution < 1.29 is 13.6 Å². The fraction of sp³-hybridized carbons (Fsp3) is 0.273. The first-order chi connectivity index (χ1) is 9.15. The van der Waals surface area contributed by atoms with Crippen LogP contribution in [0.4, 0.5) is 8.78 Å². The molecule has 6 nitrogen and oxygen atoms in total. The van der Waals surface area contributed by atoms with Gasteiger partial charge in [0, 0.05) is 6.42 Å². The van der Waals surface area contributed by atoms with Gasteiger partial charge in [-0.15, -0.1) is 10.2 Å². The van der Waals surface area contributed by atoms with Crippen LogP contribution in [0.5, 0.6) is 0 Å². The normalized spacial score (nSPS) is 10.4. The number of hydrogen-bond acceptors (Lipinski definition) is 4. The lowest BCUT2D eigenvalue weighted by Crippen LogP contribution is -2.23. The van der Waals surface area contributed by atoms with Crippen LogP contribution in [0.15, 0.2) is 18.2 Å². The Balaban J connectivity index is 1.78.